The van der Waals surface area contributed by atoms with Gasteiger partial charge in [-0.1, -0.05) is 13.8 Å². The van der Waals surface area contributed by atoms with Gasteiger partial charge < -0.3 is 25.4 Å². The first kappa shape index (κ1) is 25.3. The predicted octanol–water partition coefficient (Wildman–Crippen LogP) is 1.30. The molecule has 1 aromatic carbocycles. The van der Waals surface area contributed by atoms with Gasteiger partial charge >= 0.3 is 0 Å². The van der Waals surface area contributed by atoms with Crippen LogP contribution in [0.15, 0.2) is 24.3 Å². The summed E-state index contributed by atoms with van der Waals surface area (Å²) in [6.07, 6.45) is -2.15. The molecule has 0 aliphatic heterocycles. The van der Waals surface area contributed by atoms with Crippen LogP contribution in [0.5, 0.6) is 0 Å². The van der Waals surface area contributed by atoms with E-state index >= 15 is 0 Å². The van der Waals surface area contributed by atoms with Gasteiger partial charge in [0, 0.05) is 22.4 Å². The normalized spacial score (nSPS) is 16.0. The lowest BCUT2D eigenvalue weighted by atomic mass is 9.99. The minimum atomic E-state index is -1.40. The number of carbonyl (C=O) groups is 1. The lowest BCUT2D eigenvalue weighted by Gasteiger charge is -2.34. The molecule has 0 saturated heterocycles. The standard InChI is InChI=1S/C19H30N2O7S/c1-4-19(29,5-2)11-28-15(10-22)17(24)16(12(3)23)20-18(25)13-6-8-14(9-7-13)21(26)27/h6-9,12,15-17,22-24,29H,4-5,10-11H2,1-3H3,(H,20,25)/t12?,15?,16-,17+/m1/s1. The summed E-state index contributed by atoms with van der Waals surface area (Å²) >= 11 is 4.56. The largest absolute Gasteiger partial charge is 0.394 e. The van der Waals surface area contributed by atoms with Crippen molar-refractivity contribution in [2.75, 3.05) is 13.2 Å². The number of hydrogen-bond acceptors (Lipinski definition) is 8. The van der Waals surface area contributed by atoms with Gasteiger partial charge in [-0.2, -0.15) is 12.6 Å². The Hall–Kier alpha value is -1.72. The van der Waals surface area contributed by atoms with E-state index in [1.165, 1.54) is 31.2 Å². The smallest absolute Gasteiger partial charge is 0.269 e. The Balaban J connectivity index is 2.88. The zero-order chi connectivity index (χ0) is 22.2. The van der Waals surface area contributed by atoms with Gasteiger partial charge in [-0.25, -0.2) is 0 Å². The van der Waals surface area contributed by atoms with Gasteiger partial charge in [-0.3, -0.25) is 14.9 Å². The highest BCUT2D eigenvalue weighted by molar-refractivity contribution is 7.81. The zero-order valence-electron chi connectivity index (χ0n) is 16.8. The minimum Gasteiger partial charge on any atom is -0.394 e. The molecule has 2 unspecified atom stereocenters. The number of nitro benzene ring substituents is 1. The van der Waals surface area contributed by atoms with Crippen molar-refractivity contribution in [1.82, 2.24) is 5.32 Å². The van der Waals surface area contributed by atoms with Gasteiger partial charge in [0.1, 0.15) is 12.2 Å². The fourth-order valence-electron chi connectivity index (χ4n) is 2.67. The Morgan fingerprint density at radius 3 is 2.24 bits per heavy atom. The van der Waals surface area contributed by atoms with E-state index in [1.54, 1.807) is 0 Å². The maximum absolute atomic E-state index is 12.4. The molecule has 0 spiro atoms. The van der Waals surface area contributed by atoms with Crippen LogP contribution >= 0.6 is 12.6 Å². The third-order valence-corrected chi connectivity index (χ3v) is 5.73. The lowest BCUT2D eigenvalue weighted by molar-refractivity contribution is -0.384. The van der Waals surface area contributed by atoms with Crippen molar-refractivity contribution >= 4 is 24.2 Å². The molecule has 0 aliphatic carbocycles. The molecule has 0 bridgehead atoms. The first-order valence-electron chi connectivity index (χ1n) is 9.44. The molecule has 10 heteroatoms. The van der Waals surface area contributed by atoms with Crippen LogP contribution in [-0.4, -0.2) is 68.5 Å². The number of nitrogens with one attached hydrogen (secondary N) is 1. The van der Waals surface area contributed by atoms with E-state index in [0.717, 1.165) is 12.8 Å². The van der Waals surface area contributed by atoms with Gasteiger partial charge in [-0.15, -0.1) is 0 Å². The Morgan fingerprint density at radius 1 is 1.28 bits per heavy atom. The van der Waals surface area contributed by atoms with Crippen LogP contribution in [0.2, 0.25) is 0 Å². The van der Waals surface area contributed by atoms with Gasteiger partial charge in [-0.05, 0) is 31.9 Å². The number of rotatable bonds is 12. The second-order valence-corrected chi connectivity index (χ2v) is 7.95. The highest BCUT2D eigenvalue weighted by Crippen LogP contribution is 2.25. The van der Waals surface area contributed by atoms with Crippen molar-refractivity contribution in [1.29, 1.82) is 0 Å². The Bertz CT molecular complexity index is 665. The van der Waals surface area contributed by atoms with E-state index < -0.39 is 46.5 Å². The van der Waals surface area contributed by atoms with E-state index in [2.05, 4.69) is 17.9 Å². The fraction of sp³-hybridized carbons (Fsp3) is 0.632. The van der Waals surface area contributed by atoms with E-state index in [1.807, 2.05) is 13.8 Å². The number of benzene rings is 1. The van der Waals surface area contributed by atoms with Gasteiger partial charge in [0.25, 0.3) is 11.6 Å². The number of aliphatic hydroxyl groups excluding tert-OH is 3. The molecule has 0 heterocycles. The topological polar surface area (TPSA) is 142 Å². The monoisotopic (exact) mass is 430 g/mol. The van der Waals surface area contributed by atoms with Crippen LogP contribution in [0.1, 0.15) is 44.0 Å². The number of thiol groups is 1. The van der Waals surface area contributed by atoms with Gasteiger partial charge in [0.15, 0.2) is 0 Å². The molecule has 1 aromatic rings. The maximum Gasteiger partial charge on any atom is 0.269 e. The van der Waals surface area contributed by atoms with Crippen molar-refractivity contribution < 1.29 is 29.8 Å². The molecule has 4 N–H and O–H groups in total. The zero-order valence-corrected chi connectivity index (χ0v) is 17.7. The van der Waals surface area contributed by atoms with Crippen molar-refractivity contribution in [3.05, 3.63) is 39.9 Å². The number of amides is 1. The van der Waals surface area contributed by atoms with Crippen LogP contribution in [0, 0.1) is 10.1 Å². The summed E-state index contributed by atoms with van der Waals surface area (Å²) in [5.41, 5.74) is -0.0363. The molecular formula is C19H30N2O7S. The average molecular weight is 431 g/mol. The highest BCUT2D eigenvalue weighted by atomic mass is 32.1. The summed E-state index contributed by atoms with van der Waals surface area (Å²) < 4.78 is 5.23. The summed E-state index contributed by atoms with van der Waals surface area (Å²) in [5.74, 6) is -0.632. The number of ether oxygens (including phenoxy) is 1. The third-order valence-electron chi connectivity index (χ3n) is 4.97. The summed E-state index contributed by atoms with van der Waals surface area (Å²) in [5, 5.41) is 43.5. The van der Waals surface area contributed by atoms with Gasteiger partial charge in [0.05, 0.1) is 30.3 Å². The highest BCUT2D eigenvalue weighted by Gasteiger charge is 2.34. The minimum absolute atomic E-state index is 0.126. The average Bonchev–Trinajstić information content (AvgIpc) is 2.71. The Kier molecular flexibility index (Phi) is 10.0. The summed E-state index contributed by atoms with van der Waals surface area (Å²) in [6.45, 7) is 4.95. The Morgan fingerprint density at radius 2 is 1.83 bits per heavy atom. The van der Waals surface area contributed by atoms with E-state index in [4.69, 9.17) is 4.74 Å². The van der Waals surface area contributed by atoms with Crippen LogP contribution in [0.25, 0.3) is 0 Å². The molecule has 1 amide bonds. The number of aliphatic hydroxyl groups is 3. The second kappa shape index (κ2) is 11.5. The van der Waals surface area contributed by atoms with Gasteiger partial charge in [0.2, 0.25) is 0 Å². The Labute approximate surface area is 175 Å². The van der Waals surface area contributed by atoms with Crippen LogP contribution in [-0.2, 0) is 4.74 Å². The predicted molar refractivity (Wildman–Crippen MR) is 111 cm³/mol. The molecule has 9 nitrogen and oxygen atoms in total. The van der Waals surface area contributed by atoms with Crippen LogP contribution in [0.3, 0.4) is 0 Å². The summed E-state index contributed by atoms with van der Waals surface area (Å²) in [7, 11) is 0. The first-order chi connectivity index (χ1) is 13.6. The number of carbonyl (C=O) groups excluding carboxylic acids is 1. The number of non-ortho nitro benzene ring substituents is 1. The lowest BCUT2D eigenvalue weighted by Crippen LogP contribution is -2.55. The first-order valence-corrected chi connectivity index (χ1v) is 9.89. The van der Waals surface area contributed by atoms with Crippen molar-refractivity contribution in [3.63, 3.8) is 0 Å². The fourth-order valence-corrected chi connectivity index (χ4v) is 2.74. The van der Waals surface area contributed by atoms with Crippen LogP contribution in [0.4, 0.5) is 5.69 Å². The molecule has 164 valence electrons. The van der Waals surface area contributed by atoms with E-state index in [9.17, 15) is 30.2 Å². The van der Waals surface area contributed by atoms with E-state index in [0.29, 0.717) is 0 Å². The summed E-state index contributed by atoms with van der Waals surface area (Å²) in [4.78, 5) is 22.6. The quantitative estimate of drug-likeness (QED) is 0.191. The van der Waals surface area contributed by atoms with Crippen molar-refractivity contribution in [2.24, 2.45) is 0 Å². The third kappa shape index (κ3) is 7.23. The SMILES string of the molecule is CCC(S)(CC)COC(CO)[C@H](O)[C@H](NC(=O)c1ccc([N+](=O)[O-])cc1)C(C)O. The second-order valence-electron chi connectivity index (χ2n) is 7.00. The maximum atomic E-state index is 12.4. The molecule has 0 radical (unpaired) electrons. The van der Waals surface area contributed by atoms with E-state index in [-0.39, 0.29) is 17.9 Å². The molecule has 0 saturated carbocycles. The number of nitrogens with zero attached hydrogens (tertiary/aromatic N) is 1. The summed E-state index contributed by atoms with van der Waals surface area (Å²) in [6, 6.07) is 3.79. The van der Waals surface area contributed by atoms with Crippen molar-refractivity contribution in [2.45, 2.75) is 62.7 Å². The number of hydrogen-bond donors (Lipinski definition) is 5. The molecular weight excluding hydrogens is 400 g/mol. The van der Waals surface area contributed by atoms with Crippen LogP contribution < -0.4 is 5.32 Å². The molecule has 0 fully saturated rings. The van der Waals surface area contributed by atoms with Crippen molar-refractivity contribution in [3.8, 4) is 0 Å². The number of nitro groups is 1. The molecule has 29 heavy (non-hydrogen) atoms. The molecule has 4 atom stereocenters. The molecule has 0 aromatic heterocycles. The molecule has 1 rings (SSSR count). The molecule has 0 aliphatic rings.